The van der Waals surface area contributed by atoms with Crippen LogP contribution >= 0.6 is 0 Å². The van der Waals surface area contributed by atoms with Crippen molar-refractivity contribution in [2.24, 2.45) is 5.73 Å². The van der Waals surface area contributed by atoms with Gasteiger partial charge in [0.2, 0.25) is 0 Å². The number of nitrogens with two attached hydrogens (primary N) is 2. The van der Waals surface area contributed by atoms with E-state index in [1.165, 1.54) is 4.68 Å². The Morgan fingerprint density at radius 1 is 1.38 bits per heavy atom. The highest BCUT2D eigenvalue weighted by Crippen LogP contribution is 2.32. The van der Waals surface area contributed by atoms with Gasteiger partial charge < -0.3 is 16.4 Å². The Balaban J connectivity index is 1.96. The maximum atomic E-state index is 11.6. The molecule has 21 heavy (non-hydrogen) atoms. The highest BCUT2D eigenvalue weighted by molar-refractivity contribution is 7.91. The number of hydrogen-bond acceptors (Lipinski definition) is 7. The molecule has 0 spiro atoms. The largest absolute Gasteiger partial charge is 0.383 e. The third-order valence-corrected chi connectivity index (χ3v) is 5.87. The molecule has 2 saturated heterocycles. The summed E-state index contributed by atoms with van der Waals surface area (Å²) >= 11 is 0. The highest BCUT2D eigenvalue weighted by atomic mass is 32.2. The summed E-state index contributed by atoms with van der Waals surface area (Å²) in [6.07, 6.45) is 1.33. The summed E-state index contributed by atoms with van der Waals surface area (Å²) in [6.45, 7) is 1.36. The first kappa shape index (κ1) is 14.2. The predicted octanol–water partition coefficient (Wildman–Crippen LogP) is -0.766. The molecule has 3 rings (SSSR count). The molecule has 1 aromatic heterocycles. The van der Waals surface area contributed by atoms with Crippen LogP contribution in [-0.4, -0.2) is 48.8 Å². The lowest BCUT2D eigenvalue weighted by molar-refractivity contribution is 0.506. The smallest absolute Gasteiger partial charge is 0.170 e. The van der Waals surface area contributed by atoms with Gasteiger partial charge in [0, 0.05) is 19.1 Å². The average Bonchev–Trinajstić information content (AvgIpc) is 3.07. The van der Waals surface area contributed by atoms with Gasteiger partial charge in [-0.1, -0.05) is 0 Å². The lowest BCUT2D eigenvalue weighted by Crippen LogP contribution is -2.27. The summed E-state index contributed by atoms with van der Waals surface area (Å²) in [7, 11) is -3.03. The monoisotopic (exact) mass is 310 g/mol. The van der Waals surface area contributed by atoms with Gasteiger partial charge in [0.05, 0.1) is 17.5 Å². The van der Waals surface area contributed by atoms with Crippen molar-refractivity contribution in [3.05, 3.63) is 5.56 Å². The van der Waals surface area contributed by atoms with E-state index >= 15 is 0 Å². The molecule has 0 bridgehead atoms. The van der Waals surface area contributed by atoms with Crippen LogP contribution in [-0.2, 0) is 9.84 Å². The van der Waals surface area contributed by atoms with Crippen LogP contribution < -0.4 is 16.4 Å². The van der Waals surface area contributed by atoms with Crippen molar-refractivity contribution in [2.45, 2.75) is 24.9 Å². The number of hydrogen-bond donors (Lipinski definition) is 2. The minimum Gasteiger partial charge on any atom is -0.383 e. The van der Waals surface area contributed by atoms with Gasteiger partial charge in [-0.05, 0) is 12.8 Å². The van der Waals surface area contributed by atoms with Crippen molar-refractivity contribution in [3.63, 3.8) is 0 Å². The molecule has 0 radical (unpaired) electrons. The number of nitrogens with zero attached hydrogens (tertiary/aromatic N) is 4. The van der Waals surface area contributed by atoms with Crippen molar-refractivity contribution in [2.75, 3.05) is 35.2 Å². The Hall–Kier alpha value is -1.79. The van der Waals surface area contributed by atoms with Gasteiger partial charge >= 0.3 is 0 Å². The zero-order valence-corrected chi connectivity index (χ0v) is 12.4. The van der Waals surface area contributed by atoms with Crippen LogP contribution in [0.5, 0.6) is 0 Å². The van der Waals surface area contributed by atoms with E-state index in [1.54, 1.807) is 0 Å². The maximum Gasteiger partial charge on any atom is 0.170 e. The molecular weight excluding hydrogens is 292 g/mol. The topological polar surface area (TPSA) is 131 Å². The summed E-state index contributed by atoms with van der Waals surface area (Å²) in [5.41, 5.74) is 12.2. The summed E-state index contributed by atoms with van der Waals surface area (Å²) in [5, 5.41) is 13.7. The molecule has 3 heterocycles. The van der Waals surface area contributed by atoms with E-state index < -0.39 is 9.84 Å². The Morgan fingerprint density at radius 2 is 2.14 bits per heavy atom. The van der Waals surface area contributed by atoms with E-state index in [0.29, 0.717) is 24.3 Å². The summed E-state index contributed by atoms with van der Waals surface area (Å²) in [6, 6.07) is 1.86. The summed E-state index contributed by atoms with van der Waals surface area (Å²) in [5.74, 6) is 0.938. The normalized spacial score (nSPS) is 27.9. The molecule has 1 aromatic rings. The van der Waals surface area contributed by atoms with Crippen molar-refractivity contribution < 1.29 is 8.42 Å². The van der Waals surface area contributed by atoms with Crippen LogP contribution in [0.1, 0.15) is 24.4 Å². The maximum absolute atomic E-state index is 11.6. The average molecular weight is 310 g/mol. The van der Waals surface area contributed by atoms with Gasteiger partial charge in [-0.15, -0.1) is 0 Å². The quantitative estimate of drug-likeness (QED) is 0.733. The predicted molar refractivity (Wildman–Crippen MR) is 78.5 cm³/mol. The molecule has 8 nitrogen and oxygen atoms in total. The molecule has 2 atom stereocenters. The fourth-order valence-electron chi connectivity index (χ4n) is 2.99. The molecule has 2 aliphatic heterocycles. The third kappa shape index (κ3) is 2.45. The van der Waals surface area contributed by atoms with E-state index in [0.717, 1.165) is 13.0 Å². The van der Waals surface area contributed by atoms with E-state index in [2.05, 4.69) is 11.2 Å². The van der Waals surface area contributed by atoms with Gasteiger partial charge in [-0.25, -0.2) is 13.1 Å². The minimum absolute atomic E-state index is 0.0305. The van der Waals surface area contributed by atoms with Crippen molar-refractivity contribution in [3.8, 4) is 6.07 Å². The van der Waals surface area contributed by atoms with Gasteiger partial charge in [0.1, 0.15) is 17.5 Å². The van der Waals surface area contributed by atoms with E-state index in [4.69, 9.17) is 11.5 Å². The molecule has 0 saturated carbocycles. The molecule has 4 N–H and O–H groups in total. The standard InChI is InChI=1S/C12H18N6O2S/c13-5-10-11(15)18(9-2-4-21(19,20)7-9)16-12(10)17-3-1-8(14)6-17/h8-9H,1-4,6-7,14-15H2. The van der Waals surface area contributed by atoms with Crippen LogP contribution in [0.4, 0.5) is 11.6 Å². The van der Waals surface area contributed by atoms with Crippen molar-refractivity contribution in [1.82, 2.24) is 9.78 Å². The van der Waals surface area contributed by atoms with Gasteiger partial charge in [-0.2, -0.15) is 10.4 Å². The Kier molecular flexibility index (Phi) is 3.30. The first-order valence-corrected chi connectivity index (χ1v) is 8.72. The fraction of sp³-hybridized carbons (Fsp3) is 0.667. The molecule has 0 aliphatic carbocycles. The lowest BCUT2D eigenvalue weighted by atomic mass is 10.2. The minimum atomic E-state index is -3.03. The molecule has 0 amide bonds. The van der Waals surface area contributed by atoms with Crippen LogP contribution in [0.3, 0.4) is 0 Å². The lowest BCUT2D eigenvalue weighted by Gasteiger charge is -2.15. The molecule has 114 valence electrons. The number of nitriles is 1. The highest BCUT2D eigenvalue weighted by Gasteiger charge is 2.34. The second kappa shape index (κ2) is 4.89. The van der Waals surface area contributed by atoms with Crippen LogP contribution in [0.25, 0.3) is 0 Å². The van der Waals surface area contributed by atoms with E-state index in [1.807, 2.05) is 4.90 Å². The Morgan fingerprint density at radius 3 is 2.67 bits per heavy atom. The third-order valence-electron chi connectivity index (χ3n) is 4.12. The number of nitrogen functional groups attached to an aromatic ring is 1. The molecular formula is C12H18N6O2S. The SMILES string of the molecule is N#Cc1c(N2CCC(N)C2)nn(C2CCS(=O)(=O)C2)c1N. The van der Waals surface area contributed by atoms with E-state index in [-0.39, 0.29) is 29.4 Å². The van der Waals surface area contributed by atoms with Gasteiger partial charge in [0.25, 0.3) is 0 Å². The summed E-state index contributed by atoms with van der Waals surface area (Å²) < 4.78 is 24.7. The van der Waals surface area contributed by atoms with E-state index in [9.17, 15) is 13.7 Å². The molecule has 2 unspecified atom stereocenters. The Labute approximate surface area is 123 Å². The first-order chi connectivity index (χ1) is 9.91. The van der Waals surface area contributed by atoms with Crippen molar-refractivity contribution in [1.29, 1.82) is 5.26 Å². The zero-order chi connectivity index (χ0) is 15.2. The van der Waals surface area contributed by atoms with Crippen LogP contribution in [0.15, 0.2) is 0 Å². The number of rotatable bonds is 2. The number of sulfone groups is 1. The molecule has 0 aromatic carbocycles. The molecule has 2 fully saturated rings. The summed E-state index contributed by atoms with van der Waals surface area (Å²) in [4.78, 5) is 1.94. The second-order valence-corrected chi connectivity index (χ2v) is 7.92. The number of anilines is 2. The fourth-order valence-corrected chi connectivity index (χ4v) is 4.68. The van der Waals surface area contributed by atoms with Gasteiger partial charge in [-0.3, -0.25) is 0 Å². The van der Waals surface area contributed by atoms with Crippen LogP contribution in [0.2, 0.25) is 0 Å². The zero-order valence-electron chi connectivity index (χ0n) is 11.6. The van der Waals surface area contributed by atoms with Gasteiger partial charge in [0.15, 0.2) is 15.7 Å². The van der Waals surface area contributed by atoms with Crippen molar-refractivity contribution >= 4 is 21.5 Å². The second-order valence-electron chi connectivity index (χ2n) is 5.69. The molecule has 2 aliphatic rings. The first-order valence-electron chi connectivity index (χ1n) is 6.90. The Bertz CT molecular complexity index is 704. The molecule has 9 heteroatoms. The van der Waals surface area contributed by atoms with Crippen LogP contribution in [0, 0.1) is 11.3 Å². The number of aromatic nitrogens is 2.